The van der Waals surface area contributed by atoms with Crippen molar-refractivity contribution in [3.05, 3.63) is 93.3 Å². The van der Waals surface area contributed by atoms with Crippen molar-refractivity contribution in [2.45, 2.75) is 13.0 Å². The Morgan fingerprint density at radius 3 is 2.51 bits per heavy atom. The summed E-state index contributed by atoms with van der Waals surface area (Å²) in [5, 5.41) is 27.1. The van der Waals surface area contributed by atoms with Crippen LogP contribution in [0, 0.1) is 17.0 Å². The summed E-state index contributed by atoms with van der Waals surface area (Å²) in [6, 6.07) is 14.1. The van der Waals surface area contributed by atoms with E-state index in [0.717, 1.165) is 5.69 Å². The number of likely N-dealkylation sites (tertiary alicyclic amines) is 1. The van der Waals surface area contributed by atoms with Gasteiger partial charge in [-0.1, -0.05) is 30.3 Å². The number of likely N-dealkylation sites (N-methyl/N-ethyl adjacent to an activating group) is 1. The maximum atomic E-state index is 13.2. The zero-order chi connectivity index (χ0) is 25.3. The number of amides is 1. The Labute approximate surface area is 201 Å². The Balaban J connectivity index is 1.87. The Morgan fingerprint density at radius 1 is 1.14 bits per heavy atom. The summed E-state index contributed by atoms with van der Waals surface area (Å²) in [6.45, 7) is 2.41. The molecule has 35 heavy (non-hydrogen) atoms. The van der Waals surface area contributed by atoms with Crippen molar-refractivity contribution in [3.63, 3.8) is 0 Å². The molecule has 10 heteroatoms. The van der Waals surface area contributed by atoms with Crippen molar-refractivity contribution >= 4 is 23.1 Å². The standard InChI is InChI=1S/C25H25N5O5/c1-16-20(15-26-29(16)18-9-5-4-6-10-18)23(31)21-22(17-8-7-11-19(14-17)30(34)35)28(13-12-27(2)3)25(33)24(21)32/h4-11,14-15,22,31H,12-13H2,1-3H3/t22-/m1/s1. The molecule has 1 saturated heterocycles. The maximum absolute atomic E-state index is 13.2. The highest BCUT2D eigenvalue weighted by Gasteiger charge is 2.46. The molecule has 2 aromatic carbocycles. The second-order valence-corrected chi connectivity index (χ2v) is 8.54. The minimum absolute atomic E-state index is 0.120. The number of hydrogen-bond donors (Lipinski definition) is 1. The molecule has 4 rings (SSSR count). The quantitative estimate of drug-likeness (QED) is 0.183. The Bertz CT molecular complexity index is 1330. The summed E-state index contributed by atoms with van der Waals surface area (Å²) in [5.74, 6) is -1.98. The summed E-state index contributed by atoms with van der Waals surface area (Å²) in [7, 11) is 3.67. The van der Waals surface area contributed by atoms with E-state index in [-0.39, 0.29) is 23.6 Å². The minimum atomic E-state index is -0.977. The van der Waals surface area contributed by atoms with Crippen LogP contribution in [-0.4, -0.2) is 68.5 Å². The third kappa shape index (κ3) is 4.43. The highest BCUT2D eigenvalue weighted by molar-refractivity contribution is 6.46. The summed E-state index contributed by atoms with van der Waals surface area (Å²) in [4.78, 5) is 40.3. The van der Waals surface area contributed by atoms with Gasteiger partial charge in [-0.05, 0) is 38.7 Å². The monoisotopic (exact) mass is 475 g/mol. The van der Waals surface area contributed by atoms with Gasteiger partial charge in [-0.15, -0.1) is 0 Å². The van der Waals surface area contributed by atoms with Crippen LogP contribution in [0.2, 0.25) is 0 Å². The number of nitro benzene ring substituents is 1. The molecule has 0 saturated carbocycles. The molecule has 1 N–H and O–H groups in total. The molecule has 0 unspecified atom stereocenters. The van der Waals surface area contributed by atoms with E-state index < -0.39 is 22.7 Å². The molecule has 0 aliphatic carbocycles. The number of non-ortho nitro benzene ring substituents is 1. The lowest BCUT2D eigenvalue weighted by Crippen LogP contribution is -2.35. The number of aliphatic hydroxyl groups excluding tert-OH is 1. The van der Waals surface area contributed by atoms with Gasteiger partial charge in [-0.3, -0.25) is 19.7 Å². The number of nitrogens with zero attached hydrogens (tertiary/aromatic N) is 5. The smallest absolute Gasteiger partial charge is 0.295 e. The molecule has 0 radical (unpaired) electrons. The van der Waals surface area contributed by atoms with Gasteiger partial charge in [0.15, 0.2) is 0 Å². The Morgan fingerprint density at radius 2 is 1.86 bits per heavy atom. The molecule has 180 valence electrons. The van der Waals surface area contributed by atoms with Gasteiger partial charge in [-0.25, -0.2) is 4.68 Å². The molecule has 1 amide bonds. The van der Waals surface area contributed by atoms with E-state index in [0.29, 0.717) is 23.4 Å². The number of aromatic nitrogens is 2. The minimum Gasteiger partial charge on any atom is -0.507 e. The Hall–Kier alpha value is -4.31. The van der Waals surface area contributed by atoms with Gasteiger partial charge in [0.1, 0.15) is 5.76 Å². The van der Waals surface area contributed by atoms with Gasteiger partial charge in [0.05, 0.1) is 39.7 Å². The maximum Gasteiger partial charge on any atom is 0.295 e. The van der Waals surface area contributed by atoms with E-state index >= 15 is 0 Å². The highest BCUT2D eigenvalue weighted by atomic mass is 16.6. The third-order valence-electron chi connectivity index (χ3n) is 5.99. The Kier molecular flexibility index (Phi) is 6.48. The lowest BCUT2D eigenvalue weighted by atomic mass is 9.95. The van der Waals surface area contributed by atoms with Gasteiger partial charge in [0.25, 0.3) is 17.4 Å². The van der Waals surface area contributed by atoms with Crippen molar-refractivity contribution in [3.8, 4) is 5.69 Å². The predicted molar refractivity (Wildman–Crippen MR) is 129 cm³/mol. The first-order chi connectivity index (χ1) is 16.7. The number of rotatable bonds is 7. The SMILES string of the molecule is Cc1c(C(O)=C2C(=O)C(=O)N(CCN(C)C)[C@@H]2c2cccc([N+](=O)[O-])c2)cnn1-c1ccccc1. The van der Waals surface area contributed by atoms with Crippen LogP contribution in [0.1, 0.15) is 22.9 Å². The average Bonchev–Trinajstić information content (AvgIpc) is 3.35. The molecular weight excluding hydrogens is 450 g/mol. The number of benzene rings is 2. The number of nitro groups is 1. The highest BCUT2D eigenvalue weighted by Crippen LogP contribution is 2.40. The molecule has 1 aliphatic rings. The van der Waals surface area contributed by atoms with Crippen molar-refractivity contribution < 1.29 is 19.6 Å². The second-order valence-electron chi connectivity index (χ2n) is 8.54. The number of carbonyl (C=O) groups excluding carboxylic acids is 2. The fourth-order valence-electron chi connectivity index (χ4n) is 4.19. The zero-order valence-corrected chi connectivity index (χ0v) is 19.6. The summed E-state index contributed by atoms with van der Waals surface area (Å²) in [6.07, 6.45) is 1.44. The number of ketones is 1. The number of para-hydroxylation sites is 1. The summed E-state index contributed by atoms with van der Waals surface area (Å²) < 4.78 is 1.62. The fraction of sp³-hybridized carbons (Fsp3) is 0.240. The van der Waals surface area contributed by atoms with Crippen LogP contribution in [0.4, 0.5) is 5.69 Å². The lowest BCUT2D eigenvalue weighted by molar-refractivity contribution is -0.384. The van der Waals surface area contributed by atoms with Crippen molar-refractivity contribution in [2.75, 3.05) is 27.2 Å². The first-order valence-electron chi connectivity index (χ1n) is 11.0. The van der Waals surface area contributed by atoms with Gasteiger partial charge < -0.3 is 14.9 Å². The van der Waals surface area contributed by atoms with Crippen molar-refractivity contribution in [2.24, 2.45) is 0 Å². The first-order valence-corrected chi connectivity index (χ1v) is 11.0. The van der Waals surface area contributed by atoms with Crippen molar-refractivity contribution in [1.82, 2.24) is 19.6 Å². The number of carbonyl (C=O) groups is 2. The molecule has 1 atom stereocenters. The molecule has 0 spiro atoms. The molecule has 3 aromatic rings. The van der Waals surface area contributed by atoms with Crippen LogP contribution >= 0.6 is 0 Å². The van der Waals surface area contributed by atoms with Gasteiger partial charge in [0.2, 0.25) is 0 Å². The fourth-order valence-corrected chi connectivity index (χ4v) is 4.19. The second kappa shape index (κ2) is 9.51. The van der Waals surface area contributed by atoms with Gasteiger partial charge in [0, 0.05) is 25.2 Å². The van der Waals surface area contributed by atoms with Gasteiger partial charge >= 0.3 is 0 Å². The van der Waals surface area contributed by atoms with Crippen LogP contribution in [-0.2, 0) is 9.59 Å². The number of aliphatic hydroxyl groups is 1. The van der Waals surface area contributed by atoms with E-state index in [1.807, 2.05) is 49.3 Å². The average molecular weight is 476 g/mol. The first kappa shape index (κ1) is 23.8. The van der Waals surface area contributed by atoms with Crippen LogP contribution in [0.25, 0.3) is 11.4 Å². The summed E-state index contributed by atoms with van der Waals surface area (Å²) in [5.41, 5.74) is 1.72. The number of hydrogen-bond acceptors (Lipinski definition) is 7. The van der Waals surface area contributed by atoms with Crippen LogP contribution in [0.5, 0.6) is 0 Å². The molecule has 10 nitrogen and oxygen atoms in total. The van der Waals surface area contributed by atoms with Crippen LogP contribution in [0.15, 0.2) is 66.4 Å². The number of Topliss-reactive ketones (excluding diaryl/α,β-unsaturated/α-hetero) is 1. The third-order valence-corrected chi connectivity index (χ3v) is 5.99. The van der Waals surface area contributed by atoms with E-state index in [4.69, 9.17) is 0 Å². The normalized spacial score (nSPS) is 17.4. The van der Waals surface area contributed by atoms with Gasteiger partial charge in [-0.2, -0.15) is 5.10 Å². The molecule has 1 fully saturated rings. The van der Waals surface area contributed by atoms with E-state index in [9.17, 15) is 24.8 Å². The van der Waals surface area contributed by atoms with E-state index in [1.54, 1.807) is 17.7 Å². The zero-order valence-electron chi connectivity index (χ0n) is 19.6. The topological polar surface area (TPSA) is 122 Å². The molecule has 1 aromatic heterocycles. The molecule has 0 bridgehead atoms. The van der Waals surface area contributed by atoms with Crippen molar-refractivity contribution in [1.29, 1.82) is 0 Å². The lowest BCUT2D eigenvalue weighted by Gasteiger charge is -2.26. The van der Waals surface area contributed by atoms with Crippen LogP contribution in [0.3, 0.4) is 0 Å². The van der Waals surface area contributed by atoms with Crippen LogP contribution < -0.4 is 0 Å². The molecule has 1 aliphatic heterocycles. The van der Waals surface area contributed by atoms with E-state index in [1.165, 1.54) is 29.3 Å². The molecular formula is C25H25N5O5. The molecule has 2 heterocycles. The largest absolute Gasteiger partial charge is 0.507 e. The summed E-state index contributed by atoms with van der Waals surface area (Å²) >= 11 is 0. The predicted octanol–water partition coefficient (Wildman–Crippen LogP) is 3.07. The van der Waals surface area contributed by atoms with E-state index in [2.05, 4.69) is 5.10 Å².